The summed E-state index contributed by atoms with van der Waals surface area (Å²) < 4.78 is 35.0. The number of nitrogens with one attached hydrogen (secondary N) is 1. The number of carboxylic acids is 1. The molecule has 1 aromatic heterocycles. The molecule has 2 N–H and O–H groups in total. The number of aromatic nitrogens is 1. The van der Waals surface area contributed by atoms with Crippen molar-refractivity contribution in [2.24, 2.45) is 5.92 Å². The van der Waals surface area contributed by atoms with Crippen molar-refractivity contribution in [3.63, 3.8) is 0 Å². The number of aliphatic carboxylic acids is 1. The monoisotopic (exact) mass is 439 g/mol. The Morgan fingerprint density at radius 3 is 2.77 bits per heavy atom. The zero-order valence-electron chi connectivity index (χ0n) is 15.4. The highest BCUT2D eigenvalue weighted by atomic mass is 32.1. The third-order valence-electron chi connectivity index (χ3n) is 4.86. The smallest absolute Gasteiger partial charge is 0.480 e. The molecule has 4 rings (SSSR count). The normalized spacial score (nSPS) is 22.4. The minimum Gasteiger partial charge on any atom is -0.480 e. The molecule has 9 nitrogen and oxygen atoms in total. The Labute approximate surface area is 172 Å². The van der Waals surface area contributed by atoms with Gasteiger partial charge in [0.1, 0.15) is 0 Å². The van der Waals surface area contributed by atoms with Gasteiger partial charge in [-0.2, -0.15) is 0 Å². The van der Waals surface area contributed by atoms with E-state index in [-0.39, 0.29) is 17.9 Å². The number of nitrogens with zero attached hydrogens (tertiary/aromatic N) is 2. The number of alkyl halides is 2. The van der Waals surface area contributed by atoms with Gasteiger partial charge < -0.3 is 19.9 Å². The Bertz CT molecular complexity index is 1020. The summed E-state index contributed by atoms with van der Waals surface area (Å²) in [6.07, 6.45) is -3.65. The summed E-state index contributed by atoms with van der Waals surface area (Å²) in [5.41, 5.74) is 2.55. The van der Waals surface area contributed by atoms with Crippen molar-refractivity contribution >= 4 is 29.2 Å². The van der Waals surface area contributed by atoms with Gasteiger partial charge in [-0.1, -0.05) is 6.07 Å². The number of urea groups is 1. The predicted octanol–water partition coefficient (Wildman–Crippen LogP) is 2.39. The van der Waals surface area contributed by atoms with Gasteiger partial charge >= 0.3 is 18.3 Å². The lowest BCUT2D eigenvalue weighted by atomic mass is 9.84. The number of likely N-dealkylation sites (tertiary alicyclic amines) is 1. The van der Waals surface area contributed by atoms with Crippen molar-refractivity contribution < 1.29 is 37.7 Å². The van der Waals surface area contributed by atoms with Crippen molar-refractivity contribution in [1.29, 1.82) is 0 Å². The molecule has 1 fully saturated rings. The molecule has 0 aliphatic carbocycles. The van der Waals surface area contributed by atoms with Gasteiger partial charge in [-0.05, 0) is 24.6 Å². The number of halogens is 2. The number of hydrogen-bond donors (Lipinski definition) is 2. The Morgan fingerprint density at radius 1 is 1.37 bits per heavy atom. The number of carboxylic acid groups (broad SMARTS) is 1. The SMILES string of the molecule is CC(NC(=O)N1C(=O)C(Cc2cscn2)C1C(=O)O)c1ccc2c(c1)OC(F)(F)O2. The number of fused-ring (bicyclic) bond motifs is 1. The third kappa shape index (κ3) is 3.54. The molecule has 30 heavy (non-hydrogen) atoms. The van der Waals surface area contributed by atoms with Crippen LogP contribution < -0.4 is 14.8 Å². The van der Waals surface area contributed by atoms with Crippen molar-refractivity contribution in [2.45, 2.75) is 31.7 Å². The number of carbonyl (C=O) groups is 3. The van der Waals surface area contributed by atoms with Gasteiger partial charge in [-0.3, -0.25) is 4.79 Å². The van der Waals surface area contributed by atoms with Crippen LogP contribution in [-0.4, -0.2) is 45.2 Å². The first-order chi connectivity index (χ1) is 14.2. The van der Waals surface area contributed by atoms with E-state index in [9.17, 15) is 28.3 Å². The van der Waals surface area contributed by atoms with Gasteiger partial charge in [-0.25, -0.2) is 19.5 Å². The first-order valence-electron chi connectivity index (χ1n) is 8.79. The molecule has 3 amide bonds. The quantitative estimate of drug-likeness (QED) is 0.687. The fraction of sp³-hybridized carbons (Fsp3) is 0.333. The van der Waals surface area contributed by atoms with E-state index in [2.05, 4.69) is 19.8 Å². The van der Waals surface area contributed by atoms with Crippen LogP contribution in [0.2, 0.25) is 0 Å². The first-order valence-corrected chi connectivity index (χ1v) is 9.74. The summed E-state index contributed by atoms with van der Waals surface area (Å²) in [6.45, 7) is 1.56. The summed E-state index contributed by atoms with van der Waals surface area (Å²) in [6, 6.07) is 1.07. The fourth-order valence-electron chi connectivity index (χ4n) is 3.39. The van der Waals surface area contributed by atoms with Gasteiger partial charge in [0.05, 0.1) is 23.2 Å². The van der Waals surface area contributed by atoms with E-state index in [4.69, 9.17) is 0 Å². The van der Waals surface area contributed by atoms with Crippen LogP contribution in [0, 0.1) is 5.92 Å². The predicted molar refractivity (Wildman–Crippen MR) is 97.2 cm³/mol. The zero-order valence-corrected chi connectivity index (χ0v) is 16.2. The van der Waals surface area contributed by atoms with Crippen molar-refractivity contribution in [3.05, 3.63) is 40.3 Å². The maximum Gasteiger partial charge on any atom is 0.586 e. The minimum atomic E-state index is -3.77. The largest absolute Gasteiger partial charge is 0.586 e. The molecule has 0 bridgehead atoms. The molecule has 0 spiro atoms. The van der Waals surface area contributed by atoms with Gasteiger partial charge in [0.25, 0.3) is 0 Å². The summed E-state index contributed by atoms with van der Waals surface area (Å²) in [5.74, 6) is -3.15. The van der Waals surface area contributed by atoms with Crippen molar-refractivity contribution in [3.8, 4) is 11.5 Å². The number of thiazole rings is 1. The van der Waals surface area contributed by atoms with Crippen molar-refractivity contribution in [2.75, 3.05) is 0 Å². The molecule has 2 aliphatic rings. The molecule has 12 heteroatoms. The van der Waals surface area contributed by atoms with Crippen LogP contribution in [0.5, 0.6) is 11.5 Å². The second kappa shape index (κ2) is 7.20. The first kappa shape index (κ1) is 20.0. The van der Waals surface area contributed by atoms with Crippen LogP contribution in [0.4, 0.5) is 13.6 Å². The molecule has 2 aromatic rings. The second-order valence-corrected chi connectivity index (χ2v) is 7.55. The highest BCUT2D eigenvalue weighted by Crippen LogP contribution is 2.42. The fourth-order valence-corrected chi connectivity index (χ4v) is 3.96. The Hall–Kier alpha value is -3.28. The summed E-state index contributed by atoms with van der Waals surface area (Å²) >= 11 is 1.32. The number of rotatable bonds is 5. The molecular formula is C18H15F2N3O6S. The van der Waals surface area contributed by atoms with Gasteiger partial charge in [0.2, 0.25) is 5.91 Å². The molecule has 0 radical (unpaired) electrons. The Kier molecular flexibility index (Phi) is 4.80. The van der Waals surface area contributed by atoms with Crippen LogP contribution >= 0.6 is 11.3 Å². The number of ether oxygens (including phenoxy) is 2. The molecule has 1 aromatic carbocycles. The number of carbonyl (C=O) groups excluding carboxylic acids is 2. The molecule has 3 heterocycles. The number of imide groups is 1. The van der Waals surface area contributed by atoms with Gasteiger partial charge in [0.15, 0.2) is 17.5 Å². The summed E-state index contributed by atoms with van der Waals surface area (Å²) in [7, 11) is 0. The maximum absolute atomic E-state index is 13.2. The van der Waals surface area contributed by atoms with E-state index in [1.807, 2.05) is 0 Å². The number of benzene rings is 1. The number of hydrogen-bond acceptors (Lipinski definition) is 7. The third-order valence-corrected chi connectivity index (χ3v) is 5.50. The lowest BCUT2D eigenvalue weighted by Crippen LogP contribution is -2.68. The lowest BCUT2D eigenvalue weighted by molar-refractivity contribution is -0.286. The molecule has 3 unspecified atom stereocenters. The van der Waals surface area contributed by atoms with Gasteiger partial charge in [-0.15, -0.1) is 20.1 Å². The molecule has 2 aliphatic heterocycles. The lowest BCUT2D eigenvalue weighted by Gasteiger charge is -2.43. The summed E-state index contributed by atoms with van der Waals surface area (Å²) in [5, 5.41) is 13.7. The molecule has 158 valence electrons. The molecule has 1 saturated heterocycles. The van der Waals surface area contributed by atoms with E-state index < -0.39 is 42.2 Å². The molecule has 0 saturated carbocycles. The van der Waals surface area contributed by atoms with Crippen LogP contribution in [0.3, 0.4) is 0 Å². The highest BCUT2D eigenvalue weighted by Gasteiger charge is 2.55. The van der Waals surface area contributed by atoms with Crippen LogP contribution in [-0.2, 0) is 16.0 Å². The van der Waals surface area contributed by atoms with E-state index in [0.29, 0.717) is 16.2 Å². The standard InChI is InChI=1S/C18H15F2N3O6S/c1-8(9-2-3-12-13(4-9)29-18(19,20)28-12)22-17(27)23-14(16(25)26)11(15(23)24)5-10-6-30-7-21-10/h2-4,6-8,11,14H,5H2,1H3,(H,22,27)(H,25,26). The average Bonchev–Trinajstić information content (AvgIpc) is 3.27. The highest BCUT2D eigenvalue weighted by molar-refractivity contribution is 7.07. The van der Waals surface area contributed by atoms with Gasteiger partial charge in [0, 0.05) is 11.8 Å². The average molecular weight is 439 g/mol. The van der Waals surface area contributed by atoms with Crippen LogP contribution in [0.15, 0.2) is 29.1 Å². The summed E-state index contributed by atoms with van der Waals surface area (Å²) in [4.78, 5) is 41.3. The second-order valence-electron chi connectivity index (χ2n) is 6.83. The Morgan fingerprint density at radius 2 is 2.10 bits per heavy atom. The molecule has 3 atom stereocenters. The maximum atomic E-state index is 13.2. The van der Waals surface area contributed by atoms with Crippen LogP contribution in [0.1, 0.15) is 24.2 Å². The number of amides is 3. The van der Waals surface area contributed by atoms with Crippen LogP contribution in [0.25, 0.3) is 0 Å². The van der Waals surface area contributed by atoms with E-state index >= 15 is 0 Å². The number of β-lactam (4-membered cyclic amide) rings is 1. The van der Waals surface area contributed by atoms with E-state index in [1.165, 1.54) is 29.5 Å². The topological polar surface area (TPSA) is 118 Å². The Balaban J connectivity index is 1.44. The van der Waals surface area contributed by atoms with E-state index in [0.717, 1.165) is 0 Å². The molecular weight excluding hydrogens is 424 g/mol. The van der Waals surface area contributed by atoms with E-state index in [1.54, 1.807) is 17.8 Å². The van der Waals surface area contributed by atoms with Crippen molar-refractivity contribution in [1.82, 2.24) is 15.2 Å². The minimum absolute atomic E-state index is 0.120. The zero-order chi connectivity index (χ0) is 21.6.